The van der Waals surface area contributed by atoms with Gasteiger partial charge in [0.15, 0.2) is 0 Å². The second-order valence-electron chi connectivity index (χ2n) is 11.2. The number of aryl methyl sites for hydroxylation is 2. The number of aliphatic carboxylic acids is 1. The third-order valence-electron chi connectivity index (χ3n) is 8.67. The summed E-state index contributed by atoms with van der Waals surface area (Å²) in [5.74, 6) is -2.96. The Hall–Kier alpha value is -4.00. The molecule has 0 spiro atoms. The normalized spacial score (nSPS) is 22.9. The summed E-state index contributed by atoms with van der Waals surface area (Å²) in [7, 11) is -4.11. The molecule has 1 fully saturated rings. The van der Waals surface area contributed by atoms with Crippen molar-refractivity contribution in [2.75, 3.05) is 17.5 Å². The molecule has 3 aliphatic rings. The van der Waals surface area contributed by atoms with Crippen molar-refractivity contribution in [1.29, 1.82) is 0 Å². The van der Waals surface area contributed by atoms with Gasteiger partial charge >= 0.3 is 5.97 Å². The van der Waals surface area contributed by atoms with Crippen molar-refractivity contribution in [2.24, 2.45) is 11.8 Å². The molecule has 3 N–H and O–H groups in total. The van der Waals surface area contributed by atoms with Gasteiger partial charge in [-0.1, -0.05) is 37.3 Å². The maximum absolute atomic E-state index is 14.3. The largest absolute Gasteiger partial charge is 0.477 e. The Morgan fingerprint density at radius 2 is 1.90 bits per heavy atom. The molecule has 0 aliphatic carbocycles. The maximum atomic E-state index is 14.3. The second-order valence-corrected chi connectivity index (χ2v) is 13.0. The first kappa shape index (κ1) is 28.1. The van der Waals surface area contributed by atoms with Gasteiger partial charge in [0, 0.05) is 23.5 Å². The highest BCUT2D eigenvalue weighted by Crippen LogP contribution is 2.49. The lowest BCUT2D eigenvalue weighted by Gasteiger charge is -2.46. The number of β-lactam (4-membered cyclic amide) rings is 1. The van der Waals surface area contributed by atoms with Gasteiger partial charge in [-0.25, -0.2) is 22.3 Å². The van der Waals surface area contributed by atoms with Crippen LogP contribution in [0.2, 0.25) is 0 Å². The number of benzene rings is 2. The molecule has 0 radical (unpaired) electrons. The van der Waals surface area contributed by atoms with Crippen LogP contribution in [0.4, 0.5) is 5.69 Å². The number of fused-ring (bicyclic) bond motifs is 4. The number of imidazole rings is 1. The van der Waals surface area contributed by atoms with E-state index in [4.69, 9.17) is 5.11 Å². The fourth-order valence-electron chi connectivity index (χ4n) is 6.58. The fourth-order valence-corrected chi connectivity index (χ4v) is 8.30. The van der Waals surface area contributed by atoms with Crippen LogP contribution in [-0.2, 0) is 39.1 Å². The smallest absolute Gasteiger partial charge is 0.352 e. The SMILES string of the molecule is C[C@@H](O)[C@H]1C(=O)N2C(C(=O)O)=C(CN3c4ccccc4-c4ccc(CCn5cc[n+](CCO)c5)cc4S3(=O)=O)[C@H](C)[C@H]12. The third kappa shape index (κ3) is 4.32. The number of hydrogen-bond acceptors (Lipinski definition) is 6. The van der Waals surface area contributed by atoms with Gasteiger partial charge in [-0.05, 0) is 30.2 Å². The van der Waals surface area contributed by atoms with Gasteiger partial charge in [-0.3, -0.25) is 9.10 Å². The van der Waals surface area contributed by atoms with Crippen LogP contribution in [0.25, 0.3) is 11.1 Å². The first-order chi connectivity index (χ1) is 20.0. The number of amides is 1. The van der Waals surface area contributed by atoms with Crippen molar-refractivity contribution >= 4 is 27.6 Å². The number of aromatic nitrogens is 2. The van der Waals surface area contributed by atoms with E-state index in [0.717, 1.165) is 5.56 Å². The Kier molecular flexibility index (Phi) is 6.95. The molecule has 3 aromatic rings. The predicted octanol–water partition coefficient (Wildman–Crippen LogP) is 1.38. The number of rotatable bonds is 9. The lowest BCUT2D eigenvalue weighted by molar-refractivity contribution is -0.697. The van der Waals surface area contributed by atoms with Crippen LogP contribution in [0.5, 0.6) is 0 Å². The van der Waals surface area contributed by atoms with Crippen LogP contribution >= 0.6 is 0 Å². The Labute approximate surface area is 243 Å². The molecule has 0 bridgehead atoms. The van der Waals surface area contributed by atoms with Crippen LogP contribution in [0, 0.1) is 11.8 Å². The monoisotopic (exact) mass is 593 g/mol. The predicted molar refractivity (Wildman–Crippen MR) is 151 cm³/mol. The van der Waals surface area contributed by atoms with Crippen LogP contribution in [0.3, 0.4) is 0 Å². The zero-order valence-corrected chi connectivity index (χ0v) is 24.1. The fraction of sp³-hybridized carbons (Fsp3) is 0.367. The zero-order valence-electron chi connectivity index (χ0n) is 23.3. The Bertz CT molecular complexity index is 1730. The van der Waals surface area contributed by atoms with Gasteiger partial charge in [0.1, 0.15) is 24.6 Å². The van der Waals surface area contributed by atoms with E-state index >= 15 is 0 Å². The molecular formula is C30H33N4O7S+. The average Bonchev–Trinajstić information content (AvgIpc) is 3.50. The van der Waals surface area contributed by atoms with E-state index in [1.807, 2.05) is 52.1 Å². The molecule has 1 amide bonds. The van der Waals surface area contributed by atoms with Crippen molar-refractivity contribution in [2.45, 2.75) is 50.4 Å². The molecule has 0 unspecified atom stereocenters. The topological polar surface area (TPSA) is 144 Å². The van der Waals surface area contributed by atoms with Crippen LogP contribution in [0.15, 0.2) is 77.4 Å². The van der Waals surface area contributed by atoms with Crippen LogP contribution < -0.4 is 8.87 Å². The first-order valence-electron chi connectivity index (χ1n) is 13.9. The van der Waals surface area contributed by atoms with Gasteiger partial charge in [0.2, 0.25) is 12.2 Å². The summed E-state index contributed by atoms with van der Waals surface area (Å²) in [5, 5.41) is 29.5. The van der Waals surface area contributed by atoms with Gasteiger partial charge in [-0.2, -0.15) is 0 Å². The van der Waals surface area contributed by atoms with Gasteiger partial charge in [0.05, 0.1) is 48.3 Å². The van der Waals surface area contributed by atoms with Gasteiger partial charge in [0.25, 0.3) is 10.0 Å². The van der Waals surface area contributed by atoms with E-state index in [0.29, 0.717) is 41.9 Å². The van der Waals surface area contributed by atoms with Gasteiger partial charge < -0.3 is 20.2 Å². The molecule has 6 rings (SSSR count). The summed E-state index contributed by atoms with van der Waals surface area (Å²) in [4.78, 5) is 26.6. The highest BCUT2D eigenvalue weighted by Gasteiger charge is 2.60. The number of hydrogen-bond donors (Lipinski definition) is 3. The van der Waals surface area contributed by atoms with Crippen molar-refractivity contribution in [3.63, 3.8) is 0 Å². The van der Waals surface area contributed by atoms with E-state index in [1.165, 1.54) is 16.1 Å². The van der Waals surface area contributed by atoms with Crippen molar-refractivity contribution in [3.05, 3.63) is 78.0 Å². The minimum Gasteiger partial charge on any atom is -0.477 e. The molecule has 3 aliphatic heterocycles. The molecule has 4 atom stereocenters. The van der Waals surface area contributed by atoms with E-state index < -0.39 is 45.9 Å². The lowest BCUT2D eigenvalue weighted by Crippen LogP contribution is -2.63. The Balaban J connectivity index is 1.36. The lowest BCUT2D eigenvalue weighted by atomic mass is 9.77. The first-order valence-corrected chi connectivity index (χ1v) is 15.4. The minimum absolute atomic E-state index is 0.0368. The summed E-state index contributed by atoms with van der Waals surface area (Å²) in [6, 6.07) is 12.0. The van der Waals surface area contributed by atoms with E-state index in [2.05, 4.69) is 0 Å². The summed E-state index contributed by atoms with van der Waals surface area (Å²) >= 11 is 0. The van der Waals surface area contributed by atoms with E-state index in [1.54, 1.807) is 25.1 Å². The number of carbonyl (C=O) groups excluding carboxylic acids is 1. The number of nitrogens with zero attached hydrogens (tertiary/aromatic N) is 4. The summed E-state index contributed by atoms with van der Waals surface area (Å²) in [6.07, 6.45) is 5.27. The average molecular weight is 594 g/mol. The van der Waals surface area contributed by atoms with E-state index in [9.17, 15) is 28.2 Å². The zero-order chi connectivity index (χ0) is 29.9. The molecule has 1 aromatic heterocycles. The molecule has 220 valence electrons. The number of aliphatic hydroxyl groups is 2. The number of aliphatic hydroxyl groups excluding tert-OH is 2. The molecule has 11 nitrogen and oxygen atoms in total. The molecule has 12 heteroatoms. The minimum atomic E-state index is -4.11. The number of anilines is 1. The van der Waals surface area contributed by atoms with E-state index in [-0.39, 0.29) is 23.7 Å². The quantitative estimate of drug-likeness (QED) is 0.251. The van der Waals surface area contributed by atoms with Crippen molar-refractivity contribution in [3.8, 4) is 11.1 Å². The molecule has 2 aromatic carbocycles. The van der Waals surface area contributed by atoms with Gasteiger partial charge in [-0.15, -0.1) is 0 Å². The second kappa shape index (κ2) is 10.4. The highest BCUT2D eigenvalue weighted by atomic mass is 32.2. The van der Waals surface area contributed by atoms with Crippen molar-refractivity contribution in [1.82, 2.24) is 9.47 Å². The number of sulfonamides is 1. The van der Waals surface area contributed by atoms with Crippen LogP contribution in [-0.4, -0.2) is 70.4 Å². The molecule has 0 saturated carbocycles. The maximum Gasteiger partial charge on any atom is 0.352 e. The molecule has 42 heavy (non-hydrogen) atoms. The molecule has 1 saturated heterocycles. The molecule has 4 heterocycles. The summed E-state index contributed by atoms with van der Waals surface area (Å²) < 4.78 is 33.6. The third-order valence-corrected chi connectivity index (χ3v) is 10.5. The highest BCUT2D eigenvalue weighted by molar-refractivity contribution is 7.93. The number of carboxylic acid groups (broad SMARTS) is 1. The van der Waals surface area contributed by atoms with Crippen LogP contribution in [0.1, 0.15) is 19.4 Å². The molecular weight excluding hydrogens is 560 g/mol. The van der Waals surface area contributed by atoms with Crippen molar-refractivity contribution < 1.29 is 37.9 Å². The Morgan fingerprint density at radius 1 is 1.14 bits per heavy atom. The summed E-state index contributed by atoms with van der Waals surface area (Å²) in [6.45, 7) is 4.20. The Morgan fingerprint density at radius 3 is 2.62 bits per heavy atom. The standard InChI is InChI=1S/C30H32N4O7S/c1-18-23(28(30(38)39)34-27(18)26(19(2)36)29(34)37)16-33-24-6-4-3-5-21(24)22-8-7-20(15-25(22)42(33,40)41)9-10-31-11-12-32(17-31)13-14-35/h3-8,11-12,15,17-19,26-27,35-36H,9-10,13-14,16H2,1-2H3/p+1/t18-,19+,26+,27+/m0/s1. The number of carbonyl (C=O) groups is 2. The summed E-state index contributed by atoms with van der Waals surface area (Å²) in [5.41, 5.74) is 2.70. The number of para-hydroxylation sites is 1. The number of carboxylic acids is 1.